The molecule has 21 heavy (non-hydrogen) atoms. The lowest BCUT2D eigenvalue weighted by Crippen LogP contribution is -2.51. The molecule has 2 aliphatic heterocycles. The number of likely N-dealkylation sites (tertiary alicyclic amines) is 1. The normalized spacial score (nSPS) is 28.9. The van der Waals surface area contributed by atoms with Gasteiger partial charge in [0.25, 0.3) is 0 Å². The van der Waals surface area contributed by atoms with Crippen molar-refractivity contribution in [3.8, 4) is 0 Å². The highest BCUT2D eigenvalue weighted by Gasteiger charge is 2.41. The second-order valence-electron chi connectivity index (χ2n) is 5.91. The van der Waals surface area contributed by atoms with Crippen LogP contribution in [-0.2, 0) is 4.79 Å². The van der Waals surface area contributed by atoms with Gasteiger partial charge in [-0.05, 0) is 31.2 Å². The smallest absolute Gasteiger partial charge is 0.426 e. The summed E-state index contributed by atoms with van der Waals surface area (Å²) in [6.07, 6.45) is 3.23. The van der Waals surface area contributed by atoms with Crippen LogP contribution < -0.4 is 5.32 Å². The van der Waals surface area contributed by atoms with Gasteiger partial charge in [-0.1, -0.05) is 30.3 Å². The molecule has 1 aromatic carbocycles. The zero-order valence-corrected chi connectivity index (χ0v) is 12.0. The average molecular weight is 288 g/mol. The average Bonchev–Trinajstić information content (AvgIpc) is 3.17. The van der Waals surface area contributed by atoms with Gasteiger partial charge in [0.1, 0.15) is 0 Å². The maximum absolute atomic E-state index is 12.6. The number of rotatable bonds is 3. The largest absolute Gasteiger partial charge is 0.475 e. The minimum absolute atomic E-state index is 0.00373. The Morgan fingerprint density at radius 1 is 1.19 bits per heavy atom. The Balaban J connectivity index is 1.65. The molecule has 0 aromatic heterocycles. The fourth-order valence-corrected chi connectivity index (χ4v) is 3.46. The summed E-state index contributed by atoms with van der Waals surface area (Å²) in [5, 5.41) is 22.2. The topological polar surface area (TPSA) is 72.8 Å². The third-order valence-corrected chi connectivity index (χ3v) is 4.57. The van der Waals surface area contributed by atoms with Crippen LogP contribution in [0.2, 0.25) is 0 Å². The van der Waals surface area contributed by atoms with Crippen LogP contribution in [0.1, 0.15) is 37.3 Å². The van der Waals surface area contributed by atoms with Crippen LogP contribution in [0.15, 0.2) is 30.3 Å². The lowest BCUT2D eigenvalue weighted by Gasteiger charge is -2.27. The molecule has 2 unspecified atom stereocenters. The first-order valence-electron chi connectivity index (χ1n) is 7.64. The summed E-state index contributed by atoms with van der Waals surface area (Å²) < 4.78 is 0. The summed E-state index contributed by atoms with van der Waals surface area (Å²) in [6, 6.07) is 10.1. The van der Waals surface area contributed by atoms with Crippen LogP contribution in [0.3, 0.4) is 0 Å². The Hall–Kier alpha value is -1.37. The fourth-order valence-electron chi connectivity index (χ4n) is 3.46. The number of amides is 1. The molecule has 0 bridgehead atoms. The zero-order valence-electron chi connectivity index (χ0n) is 12.0. The molecule has 2 saturated heterocycles. The predicted octanol–water partition coefficient (Wildman–Crippen LogP) is 0.483. The molecular formula is C15H21BN2O3. The number of hydrogen-bond donors (Lipinski definition) is 3. The minimum Gasteiger partial charge on any atom is -0.426 e. The van der Waals surface area contributed by atoms with Gasteiger partial charge in [-0.2, -0.15) is 0 Å². The van der Waals surface area contributed by atoms with Gasteiger partial charge >= 0.3 is 7.12 Å². The van der Waals surface area contributed by atoms with Gasteiger partial charge in [0, 0.05) is 12.6 Å². The van der Waals surface area contributed by atoms with Gasteiger partial charge in [0.05, 0.1) is 12.0 Å². The van der Waals surface area contributed by atoms with E-state index in [1.165, 1.54) is 5.56 Å². The molecule has 2 heterocycles. The molecule has 5 nitrogen and oxygen atoms in total. The molecule has 0 saturated carbocycles. The van der Waals surface area contributed by atoms with E-state index >= 15 is 0 Å². The van der Waals surface area contributed by atoms with Crippen molar-refractivity contribution >= 4 is 13.0 Å². The standard InChI is InChI=1S/C15H21BN2O3/c19-15(18-10-4-7-14(18)16(20)21)13-9-8-12(17-13)11-5-2-1-3-6-11/h1-3,5-6,12-14,17,20-21H,4,7-10H2/t12-,13?,14?/m1/s1. The van der Waals surface area contributed by atoms with E-state index in [0.717, 1.165) is 19.3 Å². The molecule has 0 spiro atoms. The van der Waals surface area contributed by atoms with E-state index < -0.39 is 13.1 Å². The summed E-state index contributed by atoms with van der Waals surface area (Å²) >= 11 is 0. The second kappa shape index (κ2) is 6.18. The molecule has 2 aliphatic rings. The number of benzene rings is 1. The number of nitrogens with one attached hydrogen (secondary N) is 1. The molecule has 0 radical (unpaired) electrons. The zero-order chi connectivity index (χ0) is 14.8. The van der Waals surface area contributed by atoms with Crippen molar-refractivity contribution in [1.82, 2.24) is 10.2 Å². The third-order valence-electron chi connectivity index (χ3n) is 4.57. The van der Waals surface area contributed by atoms with Crippen molar-refractivity contribution in [1.29, 1.82) is 0 Å². The molecule has 3 N–H and O–H groups in total. The van der Waals surface area contributed by atoms with Gasteiger partial charge in [-0.15, -0.1) is 0 Å². The van der Waals surface area contributed by atoms with Crippen molar-refractivity contribution in [2.45, 2.75) is 43.7 Å². The summed E-state index contributed by atoms with van der Waals surface area (Å²) in [6.45, 7) is 0.620. The van der Waals surface area contributed by atoms with Crippen molar-refractivity contribution in [3.63, 3.8) is 0 Å². The Kier molecular flexibility index (Phi) is 4.28. The fraction of sp³-hybridized carbons (Fsp3) is 0.533. The Morgan fingerprint density at radius 3 is 2.67 bits per heavy atom. The highest BCUT2D eigenvalue weighted by Crippen LogP contribution is 2.29. The van der Waals surface area contributed by atoms with Crippen LogP contribution in [0.5, 0.6) is 0 Å². The van der Waals surface area contributed by atoms with E-state index in [1.807, 2.05) is 18.2 Å². The lowest BCUT2D eigenvalue weighted by molar-refractivity contribution is -0.133. The number of carbonyl (C=O) groups is 1. The molecule has 2 fully saturated rings. The second-order valence-corrected chi connectivity index (χ2v) is 5.91. The SMILES string of the molecule is O=C(C1CC[C@H](c2ccccc2)N1)N1CCCC1B(O)O. The van der Waals surface area contributed by atoms with Crippen LogP contribution in [0, 0.1) is 0 Å². The van der Waals surface area contributed by atoms with Crippen molar-refractivity contribution in [2.75, 3.05) is 6.54 Å². The van der Waals surface area contributed by atoms with E-state index in [4.69, 9.17) is 0 Å². The number of carbonyl (C=O) groups excluding carboxylic acids is 1. The maximum Gasteiger partial charge on any atom is 0.475 e. The third kappa shape index (κ3) is 2.97. The van der Waals surface area contributed by atoms with Gasteiger partial charge in [-0.3, -0.25) is 10.1 Å². The van der Waals surface area contributed by atoms with Crippen molar-refractivity contribution in [3.05, 3.63) is 35.9 Å². The quantitative estimate of drug-likeness (QED) is 0.708. The Morgan fingerprint density at radius 2 is 1.95 bits per heavy atom. The molecule has 3 rings (SSSR count). The van der Waals surface area contributed by atoms with Gasteiger partial charge in [0.2, 0.25) is 5.91 Å². The summed E-state index contributed by atoms with van der Waals surface area (Å²) in [7, 11) is -1.44. The van der Waals surface area contributed by atoms with E-state index in [1.54, 1.807) is 4.90 Å². The predicted molar refractivity (Wildman–Crippen MR) is 80.3 cm³/mol. The van der Waals surface area contributed by atoms with Crippen LogP contribution in [0.4, 0.5) is 0 Å². The molecule has 3 atom stereocenters. The van der Waals surface area contributed by atoms with Crippen LogP contribution in [-0.4, -0.2) is 46.5 Å². The maximum atomic E-state index is 12.6. The van der Waals surface area contributed by atoms with E-state index in [-0.39, 0.29) is 18.0 Å². The lowest BCUT2D eigenvalue weighted by atomic mass is 9.77. The van der Waals surface area contributed by atoms with E-state index in [9.17, 15) is 14.8 Å². The van der Waals surface area contributed by atoms with E-state index in [0.29, 0.717) is 13.0 Å². The molecule has 112 valence electrons. The summed E-state index contributed by atoms with van der Waals surface area (Å²) in [4.78, 5) is 14.2. The van der Waals surface area contributed by atoms with Gasteiger partial charge in [0.15, 0.2) is 0 Å². The number of nitrogens with zero attached hydrogens (tertiary/aromatic N) is 1. The van der Waals surface area contributed by atoms with Gasteiger partial charge in [-0.25, -0.2) is 0 Å². The summed E-state index contributed by atoms with van der Waals surface area (Å²) in [5.74, 6) is -0.445. The van der Waals surface area contributed by atoms with Gasteiger partial charge < -0.3 is 14.9 Å². The monoisotopic (exact) mass is 288 g/mol. The van der Waals surface area contributed by atoms with Crippen molar-refractivity contribution in [2.24, 2.45) is 0 Å². The highest BCUT2D eigenvalue weighted by molar-refractivity contribution is 6.43. The van der Waals surface area contributed by atoms with E-state index in [2.05, 4.69) is 17.4 Å². The molecule has 0 aliphatic carbocycles. The first kappa shape index (κ1) is 14.6. The van der Waals surface area contributed by atoms with Crippen molar-refractivity contribution < 1.29 is 14.8 Å². The first-order valence-corrected chi connectivity index (χ1v) is 7.64. The minimum atomic E-state index is -1.44. The first-order chi connectivity index (χ1) is 10.2. The Bertz CT molecular complexity index is 497. The summed E-state index contributed by atoms with van der Waals surface area (Å²) in [5.41, 5.74) is 1.20. The molecular weight excluding hydrogens is 267 g/mol. The molecule has 1 amide bonds. The number of hydrogen-bond acceptors (Lipinski definition) is 4. The van der Waals surface area contributed by atoms with Crippen LogP contribution in [0.25, 0.3) is 0 Å². The Labute approximate surface area is 125 Å². The molecule has 6 heteroatoms. The highest BCUT2D eigenvalue weighted by atomic mass is 16.4. The molecule has 1 aromatic rings. The van der Waals surface area contributed by atoms with Crippen LogP contribution >= 0.6 is 0 Å².